The third kappa shape index (κ3) is 4.70. The second-order valence-corrected chi connectivity index (χ2v) is 5.52. The molecule has 0 unspecified atom stereocenters. The molecule has 0 aliphatic rings. The topological polar surface area (TPSA) is 96.9 Å². The Morgan fingerprint density at radius 2 is 1.42 bits per heavy atom. The largest absolute Gasteiger partial charge is 0.348 e. The number of nitrogens with zero attached hydrogens (tertiary/aromatic N) is 3. The fourth-order valence-corrected chi connectivity index (χ4v) is 2.26. The third-order valence-corrected chi connectivity index (χ3v) is 3.61. The summed E-state index contributed by atoms with van der Waals surface area (Å²) in [4.78, 5) is 36.5. The molecule has 7 nitrogen and oxygen atoms in total. The Morgan fingerprint density at radius 1 is 0.808 bits per heavy atom. The summed E-state index contributed by atoms with van der Waals surface area (Å²) < 4.78 is 0. The smallest absolute Gasteiger partial charge is 0.270 e. The van der Waals surface area contributed by atoms with Crippen LogP contribution in [-0.2, 0) is 13.1 Å². The SMILES string of the molecule is O=C(NCc1cccnc1)c1ccnc(C(=O)NCc2cccnc2)c1. The first-order valence-corrected chi connectivity index (χ1v) is 8.02. The predicted octanol–water partition coefficient (Wildman–Crippen LogP) is 1.73. The Morgan fingerprint density at radius 3 is 2.00 bits per heavy atom. The standard InChI is InChI=1S/C19H17N5O2/c25-18(23-12-14-3-1-6-20-10-14)16-5-8-22-17(9-16)19(26)24-13-15-4-2-7-21-11-15/h1-11H,12-13H2,(H,23,25)(H,24,26). The third-order valence-electron chi connectivity index (χ3n) is 3.61. The van der Waals surface area contributed by atoms with Gasteiger partial charge in [-0.15, -0.1) is 0 Å². The molecule has 3 aromatic rings. The van der Waals surface area contributed by atoms with E-state index in [4.69, 9.17) is 0 Å². The van der Waals surface area contributed by atoms with Crippen molar-refractivity contribution >= 4 is 11.8 Å². The number of hydrogen-bond donors (Lipinski definition) is 2. The Labute approximate surface area is 150 Å². The van der Waals surface area contributed by atoms with E-state index in [1.807, 2.05) is 12.1 Å². The Balaban J connectivity index is 1.60. The minimum Gasteiger partial charge on any atom is -0.348 e. The maximum Gasteiger partial charge on any atom is 0.270 e. The molecular formula is C19H17N5O2. The second kappa shape index (κ2) is 8.48. The van der Waals surface area contributed by atoms with Crippen LogP contribution in [0.5, 0.6) is 0 Å². The van der Waals surface area contributed by atoms with Gasteiger partial charge in [0, 0.05) is 49.6 Å². The number of carbonyl (C=O) groups excluding carboxylic acids is 2. The zero-order valence-corrected chi connectivity index (χ0v) is 13.9. The number of pyridine rings is 3. The molecule has 0 aromatic carbocycles. The van der Waals surface area contributed by atoms with Crippen molar-refractivity contribution in [1.82, 2.24) is 25.6 Å². The second-order valence-electron chi connectivity index (χ2n) is 5.52. The molecule has 3 heterocycles. The van der Waals surface area contributed by atoms with Gasteiger partial charge in [0.05, 0.1) is 0 Å². The van der Waals surface area contributed by atoms with E-state index in [9.17, 15) is 9.59 Å². The number of carbonyl (C=O) groups is 2. The van der Waals surface area contributed by atoms with E-state index in [1.54, 1.807) is 43.0 Å². The van der Waals surface area contributed by atoms with Crippen LogP contribution < -0.4 is 10.6 Å². The van der Waals surface area contributed by atoms with E-state index in [2.05, 4.69) is 25.6 Å². The summed E-state index contributed by atoms with van der Waals surface area (Å²) >= 11 is 0. The molecule has 0 atom stereocenters. The first-order valence-electron chi connectivity index (χ1n) is 8.02. The fraction of sp³-hybridized carbons (Fsp3) is 0.105. The van der Waals surface area contributed by atoms with Crippen molar-refractivity contribution in [3.8, 4) is 0 Å². The highest BCUT2D eigenvalue weighted by atomic mass is 16.2. The quantitative estimate of drug-likeness (QED) is 0.708. The molecule has 0 saturated carbocycles. The Bertz CT molecular complexity index is 814. The summed E-state index contributed by atoms with van der Waals surface area (Å²) in [6, 6.07) is 10.4. The molecule has 0 aliphatic carbocycles. The van der Waals surface area contributed by atoms with E-state index < -0.39 is 0 Å². The van der Waals surface area contributed by atoms with Gasteiger partial charge >= 0.3 is 0 Å². The van der Waals surface area contributed by atoms with Crippen molar-refractivity contribution in [3.05, 3.63) is 89.8 Å². The maximum absolute atomic E-state index is 12.3. The van der Waals surface area contributed by atoms with Crippen molar-refractivity contribution in [2.75, 3.05) is 0 Å². The summed E-state index contributed by atoms with van der Waals surface area (Å²) in [5, 5.41) is 5.55. The van der Waals surface area contributed by atoms with Crippen LogP contribution in [0.2, 0.25) is 0 Å². The molecule has 0 bridgehead atoms. The summed E-state index contributed by atoms with van der Waals surface area (Å²) in [5.41, 5.74) is 2.33. The van der Waals surface area contributed by atoms with Crippen molar-refractivity contribution in [3.63, 3.8) is 0 Å². The van der Waals surface area contributed by atoms with Gasteiger partial charge in [-0.2, -0.15) is 0 Å². The summed E-state index contributed by atoms with van der Waals surface area (Å²) in [6.45, 7) is 0.698. The summed E-state index contributed by atoms with van der Waals surface area (Å²) in [6.07, 6.45) is 8.14. The van der Waals surface area contributed by atoms with Crippen LogP contribution in [0.1, 0.15) is 32.0 Å². The molecule has 7 heteroatoms. The zero-order valence-electron chi connectivity index (χ0n) is 13.9. The van der Waals surface area contributed by atoms with Gasteiger partial charge in [0.15, 0.2) is 0 Å². The van der Waals surface area contributed by atoms with Gasteiger partial charge in [-0.05, 0) is 35.4 Å². The van der Waals surface area contributed by atoms with Gasteiger partial charge in [-0.3, -0.25) is 24.5 Å². The lowest BCUT2D eigenvalue weighted by Crippen LogP contribution is -2.26. The Hall–Kier alpha value is -3.61. The zero-order chi connectivity index (χ0) is 18.2. The number of aromatic nitrogens is 3. The normalized spacial score (nSPS) is 10.2. The van der Waals surface area contributed by atoms with Crippen LogP contribution in [0.15, 0.2) is 67.4 Å². The number of amides is 2. The van der Waals surface area contributed by atoms with Crippen LogP contribution in [-0.4, -0.2) is 26.8 Å². The number of rotatable bonds is 6. The molecule has 2 amide bonds. The summed E-state index contributed by atoms with van der Waals surface area (Å²) in [5.74, 6) is -0.631. The Kier molecular flexibility index (Phi) is 5.61. The molecule has 26 heavy (non-hydrogen) atoms. The lowest BCUT2D eigenvalue weighted by atomic mass is 10.2. The molecule has 0 saturated heterocycles. The lowest BCUT2D eigenvalue weighted by Gasteiger charge is -2.07. The van der Waals surface area contributed by atoms with Gasteiger partial charge in [-0.25, -0.2) is 0 Å². The molecule has 3 rings (SSSR count). The highest BCUT2D eigenvalue weighted by Gasteiger charge is 2.11. The lowest BCUT2D eigenvalue weighted by molar-refractivity contribution is 0.0946. The average Bonchev–Trinajstić information content (AvgIpc) is 2.72. The van der Waals surface area contributed by atoms with Crippen LogP contribution in [0.3, 0.4) is 0 Å². The van der Waals surface area contributed by atoms with Gasteiger partial charge in [0.1, 0.15) is 5.69 Å². The molecule has 2 N–H and O–H groups in total. The highest BCUT2D eigenvalue weighted by Crippen LogP contribution is 2.04. The van der Waals surface area contributed by atoms with Gasteiger partial charge in [-0.1, -0.05) is 12.1 Å². The molecule has 0 spiro atoms. The highest BCUT2D eigenvalue weighted by molar-refractivity contribution is 5.98. The van der Waals surface area contributed by atoms with Crippen LogP contribution in [0, 0.1) is 0 Å². The van der Waals surface area contributed by atoms with Crippen molar-refractivity contribution in [1.29, 1.82) is 0 Å². The monoisotopic (exact) mass is 347 g/mol. The van der Waals surface area contributed by atoms with Crippen LogP contribution in [0.25, 0.3) is 0 Å². The fourth-order valence-electron chi connectivity index (χ4n) is 2.26. The van der Waals surface area contributed by atoms with Crippen LogP contribution >= 0.6 is 0 Å². The number of hydrogen-bond acceptors (Lipinski definition) is 5. The van der Waals surface area contributed by atoms with E-state index in [0.717, 1.165) is 11.1 Å². The van der Waals surface area contributed by atoms with E-state index >= 15 is 0 Å². The van der Waals surface area contributed by atoms with E-state index in [-0.39, 0.29) is 17.5 Å². The molecule has 3 aromatic heterocycles. The minimum atomic E-state index is -0.351. The predicted molar refractivity (Wildman–Crippen MR) is 95.1 cm³/mol. The number of nitrogens with one attached hydrogen (secondary N) is 2. The van der Waals surface area contributed by atoms with Crippen molar-refractivity contribution in [2.24, 2.45) is 0 Å². The van der Waals surface area contributed by atoms with E-state index in [1.165, 1.54) is 12.3 Å². The average molecular weight is 347 g/mol. The minimum absolute atomic E-state index is 0.183. The van der Waals surface area contributed by atoms with Crippen LogP contribution in [0.4, 0.5) is 0 Å². The van der Waals surface area contributed by atoms with Gasteiger partial charge in [0.25, 0.3) is 11.8 Å². The molecule has 0 fully saturated rings. The van der Waals surface area contributed by atoms with Gasteiger partial charge < -0.3 is 10.6 Å². The molecular weight excluding hydrogens is 330 g/mol. The maximum atomic E-state index is 12.3. The molecule has 0 radical (unpaired) electrons. The van der Waals surface area contributed by atoms with Crippen molar-refractivity contribution in [2.45, 2.75) is 13.1 Å². The summed E-state index contributed by atoms with van der Waals surface area (Å²) in [7, 11) is 0. The van der Waals surface area contributed by atoms with Gasteiger partial charge in [0.2, 0.25) is 0 Å². The van der Waals surface area contributed by atoms with Crippen molar-refractivity contribution < 1.29 is 9.59 Å². The molecule has 0 aliphatic heterocycles. The first-order chi connectivity index (χ1) is 12.7. The molecule has 130 valence electrons. The first kappa shape index (κ1) is 17.2. The van der Waals surface area contributed by atoms with E-state index in [0.29, 0.717) is 18.7 Å².